The molecular formula is C17H14N4. The molecule has 3 N–H and O–H groups in total. The Hall–Kier alpha value is -2.88. The highest BCUT2D eigenvalue weighted by molar-refractivity contribution is 6.22. The van der Waals surface area contributed by atoms with Crippen LogP contribution in [0.5, 0.6) is 0 Å². The van der Waals surface area contributed by atoms with E-state index in [-0.39, 0.29) is 0 Å². The molecule has 0 radical (unpaired) electrons. The average Bonchev–Trinajstić information content (AvgIpc) is 2.99. The molecule has 0 spiro atoms. The van der Waals surface area contributed by atoms with Crippen LogP contribution in [-0.2, 0) is 0 Å². The molecule has 1 aromatic heterocycles. The molecule has 4 rings (SSSR count). The van der Waals surface area contributed by atoms with Crippen molar-refractivity contribution in [3.63, 3.8) is 0 Å². The number of aliphatic imine (C=N–C) groups is 2. The van der Waals surface area contributed by atoms with Crippen molar-refractivity contribution < 1.29 is 0 Å². The molecule has 0 fully saturated rings. The summed E-state index contributed by atoms with van der Waals surface area (Å²) in [5.74, 6) is 2.02. The lowest BCUT2D eigenvalue weighted by Crippen LogP contribution is -2.09. The lowest BCUT2D eigenvalue weighted by Gasteiger charge is -1.98. The standard InChI is InChI=1S/C17H14N4/c1-10-11-6-4-5-9-14(11)19-16(10)21-17-13-8-3-2-7-12(13)15(18)20-17/h2-9,19H,1H3,(H2,18,20,21). The molecule has 0 unspecified atom stereocenters. The van der Waals surface area contributed by atoms with E-state index in [0.29, 0.717) is 11.7 Å². The number of hydrogen-bond acceptors (Lipinski definition) is 2. The Labute approximate surface area is 122 Å². The lowest BCUT2D eigenvalue weighted by atomic mass is 10.1. The van der Waals surface area contributed by atoms with E-state index < -0.39 is 0 Å². The number of nitrogens with one attached hydrogen (secondary N) is 1. The van der Waals surface area contributed by atoms with Gasteiger partial charge in [0.25, 0.3) is 0 Å². The first-order chi connectivity index (χ1) is 10.2. The van der Waals surface area contributed by atoms with Crippen LogP contribution in [0.3, 0.4) is 0 Å². The summed E-state index contributed by atoms with van der Waals surface area (Å²) in [5.41, 5.74) is 10.1. The van der Waals surface area contributed by atoms with Crippen LogP contribution < -0.4 is 5.73 Å². The molecule has 2 heterocycles. The number of H-pyrrole nitrogens is 1. The van der Waals surface area contributed by atoms with Crippen LogP contribution in [-0.4, -0.2) is 16.7 Å². The fourth-order valence-electron chi connectivity index (χ4n) is 2.71. The van der Waals surface area contributed by atoms with Crippen LogP contribution in [0, 0.1) is 6.92 Å². The molecule has 0 bridgehead atoms. The van der Waals surface area contributed by atoms with Gasteiger partial charge in [0.2, 0.25) is 0 Å². The molecule has 1 aliphatic rings. The zero-order valence-electron chi connectivity index (χ0n) is 11.6. The van der Waals surface area contributed by atoms with Crippen molar-refractivity contribution in [3.8, 4) is 0 Å². The number of hydrogen-bond donors (Lipinski definition) is 2. The molecule has 0 aliphatic carbocycles. The Balaban J connectivity index is 1.90. The van der Waals surface area contributed by atoms with E-state index in [1.807, 2.05) is 42.5 Å². The van der Waals surface area contributed by atoms with Crippen LogP contribution in [0.4, 0.5) is 5.82 Å². The second-order valence-corrected chi connectivity index (χ2v) is 5.12. The highest BCUT2D eigenvalue weighted by Gasteiger charge is 2.19. The van der Waals surface area contributed by atoms with Gasteiger partial charge in [0.15, 0.2) is 5.84 Å². The molecule has 0 saturated carbocycles. The molecule has 102 valence electrons. The molecule has 1 aliphatic heterocycles. The number of rotatable bonds is 1. The number of para-hydroxylation sites is 1. The highest BCUT2D eigenvalue weighted by Crippen LogP contribution is 2.29. The van der Waals surface area contributed by atoms with Crippen molar-refractivity contribution in [1.82, 2.24) is 4.98 Å². The molecule has 4 nitrogen and oxygen atoms in total. The number of benzene rings is 2. The molecule has 0 amide bonds. The molecule has 3 aromatic rings. The maximum absolute atomic E-state index is 5.96. The number of aromatic nitrogens is 1. The van der Waals surface area contributed by atoms with E-state index in [4.69, 9.17) is 5.73 Å². The largest absolute Gasteiger partial charge is 0.383 e. The van der Waals surface area contributed by atoms with E-state index in [0.717, 1.165) is 28.0 Å². The van der Waals surface area contributed by atoms with Crippen LogP contribution in [0.2, 0.25) is 0 Å². The number of nitrogens with two attached hydrogens (primary N) is 1. The Morgan fingerprint density at radius 2 is 1.71 bits per heavy atom. The van der Waals surface area contributed by atoms with Crippen molar-refractivity contribution in [2.24, 2.45) is 15.7 Å². The van der Waals surface area contributed by atoms with Gasteiger partial charge in [-0.1, -0.05) is 42.5 Å². The summed E-state index contributed by atoms with van der Waals surface area (Å²) in [7, 11) is 0. The summed E-state index contributed by atoms with van der Waals surface area (Å²) in [6.45, 7) is 2.06. The summed E-state index contributed by atoms with van der Waals surface area (Å²) in [6, 6.07) is 16.1. The Morgan fingerprint density at radius 1 is 1.00 bits per heavy atom. The summed E-state index contributed by atoms with van der Waals surface area (Å²) in [5, 5.41) is 1.18. The van der Waals surface area contributed by atoms with Gasteiger partial charge in [-0.3, -0.25) is 0 Å². The minimum absolute atomic E-state index is 0.526. The maximum atomic E-state index is 5.96. The summed E-state index contributed by atoms with van der Waals surface area (Å²) >= 11 is 0. The number of aromatic amines is 1. The third-order valence-corrected chi connectivity index (χ3v) is 3.83. The topological polar surface area (TPSA) is 66.5 Å². The van der Waals surface area contributed by atoms with E-state index >= 15 is 0 Å². The van der Waals surface area contributed by atoms with Crippen LogP contribution >= 0.6 is 0 Å². The molecule has 0 atom stereocenters. The van der Waals surface area contributed by atoms with E-state index in [2.05, 4.69) is 28.0 Å². The summed E-state index contributed by atoms with van der Waals surface area (Å²) < 4.78 is 0. The minimum atomic E-state index is 0.526. The molecule has 0 saturated heterocycles. The Bertz CT molecular complexity index is 915. The Morgan fingerprint density at radius 3 is 2.52 bits per heavy atom. The van der Waals surface area contributed by atoms with Crippen molar-refractivity contribution in [3.05, 3.63) is 65.2 Å². The summed E-state index contributed by atoms with van der Waals surface area (Å²) in [6.07, 6.45) is 0. The normalized spacial score (nSPS) is 15.5. The Kier molecular flexibility index (Phi) is 2.44. The predicted octanol–water partition coefficient (Wildman–Crippen LogP) is 3.27. The average molecular weight is 274 g/mol. The minimum Gasteiger partial charge on any atom is -0.383 e. The van der Waals surface area contributed by atoms with Gasteiger partial charge in [0, 0.05) is 27.6 Å². The van der Waals surface area contributed by atoms with Crippen molar-refractivity contribution in [2.75, 3.05) is 0 Å². The number of aryl methyl sites for hydroxylation is 1. The van der Waals surface area contributed by atoms with E-state index in [9.17, 15) is 0 Å². The quantitative estimate of drug-likeness (QED) is 0.702. The second kappa shape index (κ2) is 4.31. The van der Waals surface area contributed by atoms with E-state index in [1.165, 1.54) is 5.39 Å². The lowest BCUT2D eigenvalue weighted by molar-refractivity contribution is 1.32. The SMILES string of the molecule is Cc1c(/N=C2\N=C(N)c3ccccc32)[nH]c2ccccc12. The van der Waals surface area contributed by atoms with Gasteiger partial charge in [-0.05, 0) is 13.0 Å². The zero-order valence-corrected chi connectivity index (χ0v) is 11.6. The molecule has 21 heavy (non-hydrogen) atoms. The third-order valence-electron chi connectivity index (χ3n) is 3.83. The van der Waals surface area contributed by atoms with Gasteiger partial charge in [-0.15, -0.1) is 0 Å². The fraction of sp³-hybridized carbons (Fsp3) is 0.0588. The first-order valence-electron chi connectivity index (χ1n) is 6.84. The predicted molar refractivity (Wildman–Crippen MR) is 86.4 cm³/mol. The van der Waals surface area contributed by atoms with E-state index in [1.54, 1.807) is 0 Å². The number of nitrogens with zero attached hydrogens (tertiary/aromatic N) is 2. The number of fused-ring (bicyclic) bond motifs is 2. The van der Waals surface area contributed by atoms with Crippen molar-refractivity contribution in [2.45, 2.75) is 6.92 Å². The van der Waals surface area contributed by atoms with Gasteiger partial charge < -0.3 is 10.7 Å². The van der Waals surface area contributed by atoms with Crippen molar-refractivity contribution in [1.29, 1.82) is 0 Å². The smallest absolute Gasteiger partial charge is 0.164 e. The van der Waals surface area contributed by atoms with Gasteiger partial charge in [0.05, 0.1) is 0 Å². The zero-order chi connectivity index (χ0) is 14.4. The molecule has 2 aromatic carbocycles. The third kappa shape index (κ3) is 1.76. The summed E-state index contributed by atoms with van der Waals surface area (Å²) in [4.78, 5) is 12.4. The molecule has 4 heteroatoms. The first-order valence-corrected chi connectivity index (χ1v) is 6.84. The maximum Gasteiger partial charge on any atom is 0.164 e. The molecular weight excluding hydrogens is 260 g/mol. The van der Waals surface area contributed by atoms with Gasteiger partial charge in [0.1, 0.15) is 11.7 Å². The van der Waals surface area contributed by atoms with Crippen molar-refractivity contribution >= 4 is 28.4 Å². The van der Waals surface area contributed by atoms with Gasteiger partial charge >= 0.3 is 0 Å². The van der Waals surface area contributed by atoms with Gasteiger partial charge in [-0.2, -0.15) is 0 Å². The van der Waals surface area contributed by atoms with Crippen LogP contribution in [0.25, 0.3) is 10.9 Å². The number of amidine groups is 2. The first kappa shape index (κ1) is 11.9. The van der Waals surface area contributed by atoms with Gasteiger partial charge in [-0.25, -0.2) is 9.98 Å². The van der Waals surface area contributed by atoms with Crippen LogP contribution in [0.15, 0.2) is 58.5 Å². The highest BCUT2D eigenvalue weighted by atomic mass is 15.0. The fourth-order valence-corrected chi connectivity index (χ4v) is 2.71. The monoisotopic (exact) mass is 274 g/mol. The second-order valence-electron chi connectivity index (χ2n) is 5.12. The van der Waals surface area contributed by atoms with Crippen LogP contribution in [0.1, 0.15) is 16.7 Å².